The number of hydrogen-bond donors (Lipinski definition) is 1. The van der Waals surface area contributed by atoms with Crippen LogP contribution in [0.15, 0.2) is 0 Å². The molecule has 0 heterocycles. The van der Waals surface area contributed by atoms with Gasteiger partial charge in [0.15, 0.2) is 0 Å². The molecule has 0 aromatic rings. The van der Waals surface area contributed by atoms with Crippen LogP contribution in [0.25, 0.3) is 0 Å². The van der Waals surface area contributed by atoms with Gasteiger partial charge in [0.2, 0.25) is 5.91 Å². The van der Waals surface area contributed by atoms with Gasteiger partial charge in [0.05, 0.1) is 0 Å². The summed E-state index contributed by atoms with van der Waals surface area (Å²) < 4.78 is 4.90. The van der Waals surface area contributed by atoms with E-state index < -0.39 is 12.0 Å². The summed E-state index contributed by atoms with van der Waals surface area (Å²) >= 11 is 0. The molecule has 2 N–H and O–H groups in total. The summed E-state index contributed by atoms with van der Waals surface area (Å²) in [4.78, 5) is 10.7. The Hall–Kier alpha value is -0.570. The van der Waals surface area contributed by atoms with Gasteiger partial charge in [-0.05, 0) is 5.41 Å². The minimum atomic E-state index is -0.493. The third-order valence-electron chi connectivity index (χ3n) is 1.28. The van der Waals surface area contributed by atoms with Crippen molar-refractivity contribution in [3.8, 4) is 0 Å². The van der Waals surface area contributed by atoms with Gasteiger partial charge in [0.1, 0.15) is 6.10 Å². The first-order chi connectivity index (χ1) is 4.39. The number of nitrogens with two attached hydrogens (primary N) is 1. The Labute approximate surface area is 61.5 Å². The van der Waals surface area contributed by atoms with E-state index >= 15 is 0 Å². The smallest absolute Gasteiger partial charge is 0.247 e. The standard InChI is InChI=1S/C7H15NO2/c1-7(2,3)5(10-4)6(8)9/h5H,1-4H3,(H2,8,9). The number of methoxy groups -OCH3 is 1. The minimum absolute atomic E-state index is 0.208. The molecule has 1 unspecified atom stereocenters. The Morgan fingerprint density at radius 1 is 1.50 bits per heavy atom. The fourth-order valence-electron chi connectivity index (χ4n) is 0.896. The van der Waals surface area contributed by atoms with Crippen molar-refractivity contribution in [1.29, 1.82) is 0 Å². The van der Waals surface area contributed by atoms with Crippen LogP contribution in [-0.4, -0.2) is 19.1 Å². The first-order valence-electron chi connectivity index (χ1n) is 3.21. The van der Waals surface area contributed by atoms with Gasteiger partial charge in [0, 0.05) is 7.11 Å². The Morgan fingerprint density at radius 3 is 1.90 bits per heavy atom. The lowest BCUT2D eigenvalue weighted by Crippen LogP contribution is -2.40. The quantitative estimate of drug-likeness (QED) is 0.616. The predicted molar refractivity (Wildman–Crippen MR) is 39.4 cm³/mol. The van der Waals surface area contributed by atoms with Crippen LogP contribution in [-0.2, 0) is 9.53 Å². The summed E-state index contributed by atoms with van der Waals surface area (Å²) in [6.45, 7) is 5.73. The predicted octanol–water partition coefficient (Wildman–Crippen LogP) is 0.533. The highest BCUT2D eigenvalue weighted by Gasteiger charge is 2.28. The molecule has 0 aliphatic carbocycles. The molecular formula is C7H15NO2. The van der Waals surface area contributed by atoms with Gasteiger partial charge < -0.3 is 10.5 Å². The number of carbonyl (C=O) groups is 1. The van der Waals surface area contributed by atoms with Crippen LogP contribution in [0.1, 0.15) is 20.8 Å². The SMILES string of the molecule is COC(C(N)=O)C(C)(C)C. The van der Waals surface area contributed by atoms with Crippen LogP contribution >= 0.6 is 0 Å². The van der Waals surface area contributed by atoms with E-state index in [1.165, 1.54) is 7.11 Å². The second-order valence-electron chi connectivity index (χ2n) is 3.38. The van der Waals surface area contributed by atoms with Crippen molar-refractivity contribution in [2.24, 2.45) is 11.1 Å². The van der Waals surface area contributed by atoms with Crippen molar-refractivity contribution in [3.63, 3.8) is 0 Å². The monoisotopic (exact) mass is 145 g/mol. The van der Waals surface area contributed by atoms with Gasteiger partial charge in [-0.15, -0.1) is 0 Å². The minimum Gasteiger partial charge on any atom is -0.371 e. The summed E-state index contributed by atoms with van der Waals surface area (Å²) in [5.74, 6) is -0.407. The highest BCUT2D eigenvalue weighted by atomic mass is 16.5. The molecule has 1 atom stereocenters. The zero-order valence-electron chi connectivity index (χ0n) is 6.97. The van der Waals surface area contributed by atoms with Crippen LogP contribution in [0, 0.1) is 5.41 Å². The van der Waals surface area contributed by atoms with Gasteiger partial charge in [-0.2, -0.15) is 0 Å². The Bertz CT molecular complexity index is 126. The van der Waals surface area contributed by atoms with Crippen molar-refractivity contribution >= 4 is 5.91 Å². The van der Waals surface area contributed by atoms with Crippen molar-refractivity contribution in [3.05, 3.63) is 0 Å². The second kappa shape index (κ2) is 3.01. The van der Waals surface area contributed by atoms with E-state index in [2.05, 4.69) is 0 Å². The average Bonchev–Trinajstić information content (AvgIpc) is 1.60. The van der Waals surface area contributed by atoms with Gasteiger partial charge in [-0.25, -0.2) is 0 Å². The molecule has 0 rings (SSSR count). The lowest BCUT2D eigenvalue weighted by atomic mass is 9.89. The number of rotatable bonds is 2. The van der Waals surface area contributed by atoms with Crippen LogP contribution < -0.4 is 5.73 Å². The van der Waals surface area contributed by atoms with Gasteiger partial charge in [0.25, 0.3) is 0 Å². The maximum Gasteiger partial charge on any atom is 0.247 e. The largest absolute Gasteiger partial charge is 0.371 e. The maximum absolute atomic E-state index is 10.7. The lowest BCUT2D eigenvalue weighted by Gasteiger charge is -2.25. The molecule has 60 valence electrons. The zero-order valence-corrected chi connectivity index (χ0v) is 6.97. The van der Waals surface area contributed by atoms with Crippen LogP contribution in [0.5, 0.6) is 0 Å². The Morgan fingerprint density at radius 2 is 1.90 bits per heavy atom. The normalized spacial score (nSPS) is 14.8. The number of carbonyl (C=O) groups excluding carboxylic acids is 1. The van der Waals surface area contributed by atoms with E-state index in [1.807, 2.05) is 20.8 Å². The molecule has 3 nitrogen and oxygen atoms in total. The van der Waals surface area contributed by atoms with E-state index in [0.717, 1.165) is 0 Å². The number of ether oxygens (including phenoxy) is 1. The maximum atomic E-state index is 10.7. The summed E-state index contributed by atoms with van der Waals surface area (Å²) in [5.41, 5.74) is 4.86. The van der Waals surface area contributed by atoms with Gasteiger partial charge in [-0.1, -0.05) is 20.8 Å². The molecule has 0 aromatic heterocycles. The lowest BCUT2D eigenvalue weighted by molar-refractivity contribution is -0.133. The summed E-state index contributed by atoms with van der Waals surface area (Å²) in [7, 11) is 1.49. The molecule has 0 aliphatic rings. The molecular weight excluding hydrogens is 130 g/mol. The molecule has 0 fully saturated rings. The summed E-state index contributed by atoms with van der Waals surface area (Å²) in [6.07, 6.45) is -0.493. The van der Waals surface area contributed by atoms with E-state index in [9.17, 15) is 4.79 Å². The fraction of sp³-hybridized carbons (Fsp3) is 0.857. The molecule has 3 heteroatoms. The first kappa shape index (κ1) is 9.43. The van der Waals surface area contributed by atoms with Gasteiger partial charge >= 0.3 is 0 Å². The van der Waals surface area contributed by atoms with Crippen LogP contribution in [0.4, 0.5) is 0 Å². The summed E-state index contributed by atoms with van der Waals surface area (Å²) in [6, 6.07) is 0. The third-order valence-corrected chi connectivity index (χ3v) is 1.28. The zero-order chi connectivity index (χ0) is 8.36. The molecule has 0 radical (unpaired) electrons. The molecule has 1 amide bonds. The van der Waals surface area contributed by atoms with E-state index in [-0.39, 0.29) is 5.41 Å². The number of primary amides is 1. The molecule has 0 aromatic carbocycles. The van der Waals surface area contributed by atoms with Crippen molar-refractivity contribution in [2.45, 2.75) is 26.9 Å². The topological polar surface area (TPSA) is 52.3 Å². The van der Waals surface area contributed by atoms with Crippen molar-refractivity contribution in [1.82, 2.24) is 0 Å². The highest BCUT2D eigenvalue weighted by molar-refractivity contribution is 5.79. The molecule has 0 aliphatic heterocycles. The second-order valence-corrected chi connectivity index (χ2v) is 3.38. The first-order valence-corrected chi connectivity index (χ1v) is 3.21. The third kappa shape index (κ3) is 2.35. The van der Waals surface area contributed by atoms with E-state index in [0.29, 0.717) is 0 Å². The van der Waals surface area contributed by atoms with E-state index in [1.54, 1.807) is 0 Å². The summed E-state index contributed by atoms with van der Waals surface area (Å²) in [5, 5.41) is 0. The Kier molecular flexibility index (Phi) is 2.84. The molecule has 0 spiro atoms. The molecule has 0 saturated carbocycles. The van der Waals surface area contributed by atoms with Crippen molar-refractivity contribution < 1.29 is 9.53 Å². The van der Waals surface area contributed by atoms with Crippen LogP contribution in [0.2, 0.25) is 0 Å². The number of amides is 1. The Balaban J connectivity index is 4.22. The fourth-order valence-corrected chi connectivity index (χ4v) is 0.896. The molecule has 0 saturated heterocycles. The highest BCUT2D eigenvalue weighted by Crippen LogP contribution is 2.20. The average molecular weight is 145 g/mol. The molecule has 0 bridgehead atoms. The molecule has 10 heavy (non-hydrogen) atoms. The van der Waals surface area contributed by atoms with Gasteiger partial charge in [-0.3, -0.25) is 4.79 Å². The van der Waals surface area contributed by atoms with Crippen molar-refractivity contribution in [2.75, 3.05) is 7.11 Å². The number of hydrogen-bond acceptors (Lipinski definition) is 2. The van der Waals surface area contributed by atoms with E-state index in [4.69, 9.17) is 10.5 Å². The van der Waals surface area contributed by atoms with Crippen LogP contribution in [0.3, 0.4) is 0 Å².